The van der Waals surface area contributed by atoms with Crippen molar-refractivity contribution < 1.29 is 14.2 Å². The minimum atomic E-state index is 0. The summed E-state index contributed by atoms with van der Waals surface area (Å²) >= 11 is 0. The molecule has 0 radical (unpaired) electrons. The smallest absolute Gasteiger partial charge is 0.191 e. The monoisotopic (exact) mass is 513 g/mol. The summed E-state index contributed by atoms with van der Waals surface area (Å²) < 4.78 is 16.3. The highest BCUT2D eigenvalue weighted by atomic mass is 127. The molecule has 2 aromatic rings. The average Bonchev–Trinajstić information content (AvgIpc) is 2.73. The van der Waals surface area contributed by atoms with E-state index in [9.17, 15) is 0 Å². The van der Waals surface area contributed by atoms with Crippen LogP contribution in [0.1, 0.15) is 29.5 Å². The second-order valence-corrected chi connectivity index (χ2v) is 6.63. The number of aryl methyl sites for hydroxylation is 1. The number of hydrogen-bond acceptors (Lipinski definition) is 4. The third-order valence-corrected chi connectivity index (χ3v) is 4.70. The lowest BCUT2D eigenvalue weighted by Gasteiger charge is -2.19. The zero-order valence-electron chi connectivity index (χ0n) is 18.0. The van der Waals surface area contributed by atoms with E-state index >= 15 is 0 Å². The number of nitrogens with one attached hydrogen (secondary N) is 2. The fourth-order valence-corrected chi connectivity index (χ4v) is 2.91. The van der Waals surface area contributed by atoms with Gasteiger partial charge in [0.2, 0.25) is 0 Å². The Balaban J connectivity index is 0.00000420. The molecule has 6 nitrogen and oxygen atoms in total. The summed E-state index contributed by atoms with van der Waals surface area (Å²) in [6.07, 6.45) is 0. The topological polar surface area (TPSA) is 64.1 Å². The first kappa shape index (κ1) is 24.9. The van der Waals surface area contributed by atoms with Crippen LogP contribution in [0.3, 0.4) is 0 Å². The molecule has 0 bridgehead atoms. The van der Waals surface area contributed by atoms with Gasteiger partial charge in [-0.25, -0.2) is 0 Å². The molecular formula is C22H32IN3O3. The number of benzene rings is 2. The van der Waals surface area contributed by atoms with Crippen molar-refractivity contribution >= 4 is 29.9 Å². The first-order valence-corrected chi connectivity index (χ1v) is 9.32. The maximum Gasteiger partial charge on any atom is 0.191 e. The molecule has 2 aromatic carbocycles. The molecule has 0 saturated heterocycles. The van der Waals surface area contributed by atoms with Gasteiger partial charge in [0.25, 0.3) is 0 Å². The predicted octanol–water partition coefficient (Wildman–Crippen LogP) is 4.11. The van der Waals surface area contributed by atoms with E-state index in [1.807, 2.05) is 12.1 Å². The molecule has 2 N–H and O–H groups in total. The Bertz CT molecular complexity index is 769. The van der Waals surface area contributed by atoms with Gasteiger partial charge in [-0.15, -0.1) is 24.0 Å². The summed E-state index contributed by atoms with van der Waals surface area (Å²) in [7, 11) is 6.64. The molecule has 0 fully saturated rings. The Kier molecular flexibility index (Phi) is 10.6. The van der Waals surface area contributed by atoms with Gasteiger partial charge in [0.1, 0.15) is 17.2 Å². The molecule has 29 heavy (non-hydrogen) atoms. The van der Waals surface area contributed by atoms with E-state index in [2.05, 4.69) is 53.7 Å². The number of hydrogen-bond donors (Lipinski definition) is 2. The fourth-order valence-electron chi connectivity index (χ4n) is 2.91. The van der Waals surface area contributed by atoms with Crippen molar-refractivity contribution in [3.63, 3.8) is 0 Å². The van der Waals surface area contributed by atoms with Crippen molar-refractivity contribution in [2.75, 3.05) is 34.9 Å². The third kappa shape index (κ3) is 6.99. The second kappa shape index (κ2) is 12.4. The number of guanidine groups is 1. The van der Waals surface area contributed by atoms with Gasteiger partial charge >= 0.3 is 0 Å². The van der Waals surface area contributed by atoms with Crippen molar-refractivity contribution in [2.24, 2.45) is 4.99 Å². The van der Waals surface area contributed by atoms with Gasteiger partial charge in [-0.3, -0.25) is 4.99 Å². The summed E-state index contributed by atoms with van der Waals surface area (Å²) in [5, 5.41) is 6.71. The number of aliphatic imine (C=N–C) groups is 1. The van der Waals surface area contributed by atoms with Crippen LogP contribution in [0.25, 0.3) is 0 Å². The molecule has 0 aliphatic heterocycles. The summed E-state index contributed by atoms with van der Waals surface area (Å²) in [6.45, 7) is 5.58. The van der Waals surface area contributed by atoms with E-state index in [0.717, 1.165) is 18.1 Å². The molecule has 0 heterocycles. The van der Waals surface area contributed by atoms with Gasteiger partial charge in [-0.05, 0) is 18.4 Å². The van der Waals surface area contributed by atoms with E-state index in [1.54, 1.807) is 28.4 Å². The normalized spacial score (nSPS) is 11.9. The van der Waals surface area contributed by atoms with Crippen molar-refractivity contribution in [1.29, 1.82) is 0 Å². The number of rotatable bonds is 8. The lowest BCUT2D eigenvalue weighted by Crippen LogP contribution is -2.38. The highest BCUT2D eigenvalue weighted by Gasteiger charge is 2.14. The predicted molar refractivity (Wildman–Crippen MR) is 129 cm³/mol. The molecule has 0 aromatic heterocycles. The molecule has 0 amide bonds. The van der Waals surface area contributed by atoms with Crippen LogP contribution in [0.5, 0.6) is 17.2 Å². The lowest BCUT2D eigenvalue weighted by atomic mass is 10.0. The highest BCUT2D eigenvalue weighted by molar-refractivity contribution is 14.0. The Labute approximate surface area is 191 Å². The van der Waals surface area contributed by atoms with Crippen LogP contribution in [0.15, 0.2) is 41.4 Å². The van der Waals surface area contributed by atoms with Crippen LogP contribution in [0, 0.1) is 6.92 Å². The van der Waals surface area contributed by atoms with Crippen molar-refractivity contribution in [2.45, 2.75) is 26.3 Å². The molecule has 1 unspecified atom stereocenters. The maximum absolute atomic E-state index is 5.50. The van der Waals surface area contributed by atoms with E-state index in [4.69, 9.17) is 14.2 Å². The number of nitrogens with zero attached hydrogens (tertiary/aromatic N) is 1. The Hall–Kier alpha value is -2.16. The standard InChI is InChI=1S/C22H31N3O3.HI/c1-15-7-9-17(10-8-15)16(2)13-24-22(23-3)25-14-19-20(27-5)11-18(26-4)12-21(19)28-6;/h7-12,16H,13-14H2,1-6H3,(H2,23,24,25);1H. The second-order valence-electron chi connectivity index (χ2n) is 6.63. The largest absolute Gasteiger partial charge is 0.496 e. The van der Waals surface area contributed by atoms with E-state index in [0.29, 0.717) is 29.7 Å². The minimum Gasteiger partial charge on any atom is -0.496 e. The van der Waals surface area contributed by atoms with Crippen molar-refractivity contribution in [1.82, 2.24) is 10.6 Å². The zero-order chi connectivity index (χ0) is 20.5. The summed E-state index contributed by atoms with van der Waals surface area (Å²) in [6, 6.07) is 12.3. The van der Waals surface area contributed by atoms with E-state index < -0.39 is 0 Å². The fraction of sp³-hybridized carbons (Fsp3) is 0.409. The quantitative estimate of drug-likeness (QED) is 0.316. The van der Waals surface area contributed by atoms with Crippen LogP contribution in [-0.2, 0) is 6.54 Å². The van der Waals surface area contributed by atoms with E-state index in [-0.39, 0.29) is 24.0 Å². The van der Waals surface area contributed by atoms with Crippen molar-refractivity contribution in [3.05, 3.63) is 53.1 Å². The van der Waals surface area contributed by atoms with Gasteiger partial charge in [0, 0.05) is 25.7 Å². The molecule has 0 aliphatic carbocycles. The first-order valence-electron chi connectivity index (χ1n) is 9.32. The minimum absolute atomic E-state index is 0. The molecule has 7 heteroatoms. The Morgan fingerprint density at radius 3 is 2.03 bits per heavy atom. The molecule has 160 valence electrons. The number of methoxy groups -OCH3 is 3. The van der Waals surface area contributed by atoms with Crippen LogP contribution in [0.2, 0.25) is 0 Å². The molecule has 0 aliphatic rings. The Morgan fingerprint density at radius 1 is 0.966 bits per heavy atom. The van der Waals surface area contributed by atoms with Crippen LogP contribution < -0.4 is 24.8 Å². The van der Waals surface area contributed by atoms with Crippen LogP contribution >= 0.6 is 24.0 Å². The van der Waals surface area contributed by atoms with Crippen molar-refractivity contribution in [3.8, 4) is 17.2 Å². The van der Waals surface area contributed by atoms with Crippen LogP contribution in [-0.4, -0.2) is 40.9 Å². The molecule has 1 atom stereocenters. The van der Waals surface area contributed by atoms with Crippen LogP contribution in [0.4, 0.5) is 0 Å². The summed E-state index contributed by atoms with van der Waals surface area (Å²) in [5.41, 5.74) is 3.47. The highest BCUT2D eigenvalue weighted by Crippen LogP contribution is 2.33. The van der Waals surface area contributed by atoms with Gasteiger partial charge in [0.15, 0.2) is 5.96 Å². The van der Waals surface area contributed by atoms with Gasteiger partial charge in [0.05, 0.1) is 33.4 Å². The number of ether oxygens (including phenoxy) is 3. The summed E-state index contributed by atoms with van der Waals surface area (Å²) in [4.78, 5) is 4.32. The zero-order valence-corrected chi connectivity index (χ0v) is 20.4. The lowest BCUT2D eigenvalue weighted by molar-refractivity contribution is 0.368. The molecular weight excluding hydrogens is 481 g/mol. The van der Waals surface area contributed by atoms with Gasteiger partial charge in [-0.2, -0.15) is 0 Å². The Morgan fingerprint density at radius 2 is 1.55 bits per heavy atom. The van der Waals surface area contributed by atoms with Gasteiger partial charge < -0.3 is 24.8 Å². The third-order valence-electron chi connectivity index (χ3n) is 4.70. The molecule has 0 spiro atoms. The average molecular weight is 513 g/mol. The van der Waals surface area contributed by atoms with Gasteiger partial charge in [-0.1, -0.05) is 36.8 Å². The molecule has 0 saturated carbocycles. The number of halogens is 1. The summed E-state index contributed by atoms with van der Waals surface area (Å²) in [5.74, 6) is 3.18. The first-order chi connectivity index (χ1) is 13.5. The SMILES string of the molecule is CN=C(NCc1c(OC)cc(OC)cc1OC)NCC(C)c1ccc(C)cc1.I. The van der Waals surface area contributed by atoms with E-state index in [1.165, 1.54) is 11.1 Å². The molecule has 2 rings (SSSR count). The maximum atomic E-state index is 5.50.